The molecule has 0 bridgehead atoms. The van der Waals surface area contributed by atoms with E-state index < -0.39 is 0 Å². The summed E-state index contributed by atoms with van der Waals surface area (Å²) in [5.74, 6) is 0. The smallest absolute Gasteiger partial charge is 0.0926 e. The molecule has 12 heavy (non-hydrogen) atoms. The largest absolute Gasteiger partial charge is 0.383 e. The number of thiazole rings is 1. The molecule has 1 aromatic heterocycles. The molecule has 0 saturated carbocycles. The van der Waals surface area contributed by atoms with E-state index in [1.807, 2.05) is 5.38 Å². The van der Waals surface area contributed by atoms with E-state index in [0.29, 0.717) is 6.61 Å². The Hall–Kier alpha value is -0.450. The van der Waals surface area contributed by atoms with Crippen LogP contribution in [0.1, 0.15) is 23.7 Å². The summed E-state index contributed by atoms with van der Waals surface area (Å²) in [4.78, 5) is 4.36. The van der Waals surface area contributed by atoms with Crippen LogP contribution in [-0.4, -0.2) is 18.7 Å². The van der Waals surface area contributed by atoms with E-state index in [1.165, 1.54) is 0 Å². The Bertz CT molecular complexity index is 237. The Balaban J connectivity index is 2.61. The van der Waals surface area contributed by atoms with E-state index in [1.54, 1.807) is 18.4 Å². The van der Waals surface area contributed by atoms with Gasteiger partial charge in [-0.2, -0.15) is 0 Å². The summed E-state index contributed by atoms with van der Waals surface area (Å²) in [6.07, 6.45) is 0.977. The highest BCUT2D eigenvalue weighted by molar-refractivity contribution is 7.09. The average Bonchev–Trinajstić information content (AvgIpc) is 2.52. The van der Waals surface area contributed by atoms with Gasteiger partial charge in [0.1, 0.15) is 0 Å². The Morgan fingerprint density at radius 3 is 3.00 bits per heavy atom. The molecule has 1 atom stereocenters. The van der Waals surface area contributed by atoms with Crippen molar-refractivity contribution in [3.05, 3.63) is 16.1 Å². The molecule has 0 saturated heterocycles. The third kappa shape index (κ3) is 2.27. The van der Waals surface area contributed by atoms with Gasteiger partial charge in [0, 0.05) is 12.5 Å². The molecule has 1 unspecified atom stereocenters. The van der Waals surface area contributed by atoms with Crippen LogP contribution in [-0.2, 0) is 11.2 Å². The second-order valence-corrected chi connectivity index (χ2v) is 3.52. The van der Waals surface area contributed by atoms with Gasteiger partial charge >= 0.3 is 0 Å². The van der Waals surface area contributed by atoms with E-state index in [4.69, 9.17) is 10.5 Å². The Kier molecular flexibility index (Phi) is 3.65. The number of aromatic nitrogens is 1. The van der Waals surface area contributed by atoms with Crippen molar-refractivity contribution in [3.63, 3.8) is 0 Å². The molecule has 1 aromatic rings. The lowest BCUT2D eigenvalue weighted by molar-refractivity contribution is 0.180. The number of aryl methyl sites for hydroxylation is 1. The molecular formula is C8H14N2OS. The molecule has 3 nitrogen and oxygen atoms in total. The Morgan fingerprint density at radius 2 is 2.50 bits per heavy atom. The van der Waals surface area contributed by atoms with Gasteiger partial charge < -0.3 is 10.5 Å². The minimum Gasteiger partial charge on any atom is -0.383 e. The molecule has 0 spiro atoms. The van der Waals surface area contributed by atoms with Crippen LogP contribution in [0, 0.1) is 0 Å². The third-order valence-electron chi connectivity index (χ3n) is 1.60. The van der Waals surface area contributed by atoms with Gasteiger partial charge in [0.05, 0.1) is 23.4 Å². The van der Waals surface area contributed by atoms with Crippen LogP contribution in [0.5, 0.6) is 0 Å². The van der Waals surface area contributed by atoms with Gasteiger partial charge in [-0.1, -0.05) is 6.92 Å². The first-order chi connectivity index (χ1) is 5.77. The predicted octanol–water partition coefficient (Wildman–Crippen LogP) is 1.35. The summed E-state index contributed by atoms with van der Waals surface area (Å²) in [5.41, 5.74) is 6.74. The van der Waals surface area contributed by atoms with Crippen molar-refractivity contribution in [2.45, 2.75) is 19.4 Å². The van der Waals surface area contributed by atoms with Crippen molar-refractivity contribution in [2.24, 2.45) is 5.73 Å². The van der Waals surface area contributed by atoms with E-state index in [2.05, 4.69) is 11.9 Å². The van der Waals surface area contributed by atoms with Crippen molar-refractivity contribution in [1.29, 1.82) is 0 Å². The number of methoxy groups -OCH3 is 1. The van der Waals surface area contributed by atoms with Crippen LogP contribution in [0.2, 0.25) is 0 Å². The quantitative estimate of drug-likeness (QED) is 0.772. The second-order valence-electron chi connectivity index (χ2n) is 2.58. The number of nitrogens with zero attached hydrogens (tertiary/aromatic N) is 1. The van der Waals surface area contributed by atoms with Gasteiger partial charge in [0.15, 0.2) is 0 Å². The number of hydrogen-bond acceptors (Lipinski definition) is 4. The van der Waals surface area contributed by atoms with E-state index in [-0.39, 0.29) is 6.04 Å². The zero-order valence-electron chi connectivity index (χ0n) is 7.41. The summed E-state index contributed by atoms with van der Waals surface area (Å²) in [7, 11) is 1.65. The molecule has 0 fully saturated rings. The third-order valence-corrected chi connectivity index (χ3v) is 2.61. The lowest BCUT2D eigenvalue weighted by Gasteiger charge is -2.05. The molecule has 0 amide bonds. The van der Waals surface area contributed by atoms with Crippen LogP contribution in [0.25, 0.3) is 0 Å². The van der Waals surface area contributed by atoms with Gasteiger partial charge in [-0.25, -0.2) is 4.98 Å². The lowest BCUT2D eigenvalue weighted by atomic mass is 10.2. The molecule has 4 heteroatoms. The molecule has 0 radical (unpaired) electrons. The second kappa shape index (κ2) is 4.54. The molecular weight excluding hydrogens is 172 g/mol. The van der Waals surface area contributed by atoms with Crippen LogP contribution in [0.15, 0.2) is 5.38 Å². The fourth-order valence-corrected chi connectivity index (χ4v) is 1.73. The van der Waals surface area contributed by atoms with E-state index >= 15 is 0 Å². The molecule has 1 heterocycles. The van der Waals surface area contributed by atoms with Crippen molar-refractivity contribution < 1.29 is 4.74 Å². The molecule has 0 aliphatic rings. The summed E-state index contributed by atoms with van der Waals surface area (Å²) < 4.78 is 4.94. The topological polar surface area (TPSA) is 48.1 Å². The highest BCUT2D eigenvalue weighted by Crippen LogP contribution is 2.15. The summed E-state index contributed by atoms with van der Waals surface area (Å²) in [6, 6.07) is -0.0773. The average molecular weight is 186 g/mol. The Labute approximate surface area is 76.6 Å². The first-order valence-electron chi connectivity index (χ1n) is 3.96. The number of rotatable bonds is 4. The van der Waals surface area contributed by atoms with Crippen LogP contribution in [0.4, 0.5) is 0 Å². The summed E-state index contributed by atoms with van der Waals surface area (Å²) >= 11 is 1.66. The normalized spacial score (nSPS) is 13.2. The maximum atomic E-state index is 5.79. The molecule has 0 aromatic carbocycles. The van der Waals surface area contributed by atoms with E-state index in [0.717, 1.165) is 17.1 Å². The van der Waals surface area contributed by atoms with Crippen LogP contribution in [0.3, 0.4) is 0 Å². The minimum atomic E-state index is -0.0773. The zero-order valence-corrected chi connectivity index (χ0v) is 8.23. The minimum absolute atomic E-state index is 0.0773. The monoisotopic (exact) mass is 186 g/mol. The van der Waals surface area contributed by atoms with Crippen molar-refractivity contribution in [1.82, 2.24) is 4.98 Å². The number of nitrogens with two attached hydrogens (primary N) is 1. The Morgan fingerprint density at radius 1 is 1.75 bits per heavy atom. The first kappa shape index (κ1) is 9.64. The standard InChI is InChI=1S/C8H14N2OS/c1-3-8-10-7(5-12-8)6(9)4-11-2/h5-6H,3-4,9H2,1-2H3. The van der Waals surface area contributed by atoms with Crippen molar-refractivity contribution in [2.75, 3.05) is 13.7 Å². The maximum absolute atomic E-state index is 5.79. The van der Waals surface area contributed by atoms with Gasteiger partial charge in [0.2, 0.25) is 0 Å². The fourth-order valence-electron chi connectivity index (χ4n) is 0.923. The maximum Gasteiger partial charge on any atom is 0.0926 e. The van der Waals surface area contributed by atoms with Crippen molar-refractivity contribution in [3.8, 4) is 0 Å². The SMILES string of the molecule is CCc1nc(C(N)COC)cs1. The number of ether oxygens (including phenoxy) is 1. The molecule has 0 aliphatic carbocycles. The van der Waals surface area contributed by atoms with Gasteiger partial charge in [-0.15, -0.1) is 11.3 Å². The zero-order chi connectivity index (χ0) is 8.97. The molecule has 2 N–H and O–H groups in total. The summed E-state index contributed by atoms with van der Waals surface area (Å²) in [5, 5.41) is 3.14. The van der Waals surface area contributed by atoms with Crippen LogP contribution >= 0.6 is 11.3 Å². The highest BCUT2D eigenvalue weighted by Gasteiger charge is 2.08. The molecule has 0 aliphatic heterocycles. The van der Waals surface area contributed by atoms with Gasteiger partial charge in [-0.05, 0) is 6.42 Å². The fraction of sp³-hybridized carbons (Fsp3) is 0.625. The number of hydrogen-bond donors (Lipinski definition) is 1. The van der Waals surface area contributed by atoms with Crippen molar-refractivity contribution >= 4 is 11.3 Å². The van der Waals surface area contributed by atoms with Gasteiger partial charge in [-0.3, -0.25) is 0 Å². The highest BCUT2D eigenvalue weighted by atomic mass is 32.1. The molecule has 1 rings (SSSR count). The summed E-state index contributed by atoms with van der Waals surface area (Å²) in [6.45, 7) is 2.62. The lowest BCUT2D eigenvalue weighted by Crippen LogP contribution is -2.16. The first-order valence-corrected chi connectivity index (χ1v) is 4.84. The van der Waals surface area contributed by atoms with Crippen LogP contribution < -0.4 is 5.73 Å². The van der Waals surface area contributed by atoms with Gasteiger partial charge in [0.25, 0.3) is 0 Å². The molecule has 68 valence electrons. The van der Waals surface area contributed by atoms with E-state index in [9.17, 15) is 0 Å². The predicted molar refractivity (Wildman–Crippen MR) is 50.3 cm³/mol.